The Bertz CT molecular complexity index is 915. The van der Waals surface area contributed by atoms with E-state index in [1.807, 2.05) is 69.3 Å². The van der Waals surface area contributed by atoms with E-state index in [1.165, 1.54) is 0 Å². The summed E-state index contributed by atoms with van der Waals surface area (Å²) < 4.78 is 5.97. The van der Waals surface area contributed by atoms with Crippen molar-refractivity contribution < 1.29 is 14.3 Å². The molecule has 0 saturated carbocycles. The Kier molecular flexibility index (Phi) is 8.88. The van der Waals surface area contributed by atoms with Crippen LogP contribution >= 0.6 is 0 Å². The average molecular weight is 439 g/mol. The minimum absolute atomic E-state index is 0.106. The van der Waals surface area contributed by atoms with Crippen molar-refractivity contribution in [1.82, 2.24) is 10.2 Å². The number of nitrogens with one attached hydrogen (secondary N) is 1. The molecule has 5 heteroatoms. The van der Waals surface area contributed by atoms with E-state index in [0.29, 0.717) is 24.8 Å². The summed E-state index contributed by atoms with van der Waals surface area (Å²) in [6.07, 6.45) is 0. The van der Waals surface area contributed by atoms with E-state index >= 15 is 0 Å². The predicted molar refractivity (Wildman–Crippen MR) is 130 cm³/mol. The summed E-state index contributed by atoms with van der Waals surface area (Å²) in [7, 11) is 0. The Morgan fingerprint density at radius 2 is 1.72 bits per heavy atom. The van der Waals surface area contributed by atoms with Crippen molar-refractivity contribution in [2.45, 2.75) is 66.5 Å². The number of benzene rings is 2. The van der Waals surface area contributed by atoms with Gasteiger partial charge in [0.25, 0.3) is 5.91 Å². The maximum absolute atomic E-state index is 13.3. The molecule has 5 nitrogen and oxygen atoms in total. The fourth-order valence-electron chi connectivity index (χ4n) is 3.48. The van der Waals surface area contributed by atoms with Gasteiger partial charge in [-0.1, -0.05) is 82.6 Å². The molecule has 0 radical (unpaired) electrons. The number of carbonyl (C=O) groups excluding carboxylic acids is 2. The first kappa shape index (κ1) is 25.4. The average Bonchev–Trinajstić information content (AvgIpc) is 2.73. The molecule has 2 rings (SSSR count). The van der Waals surface area contributed by atoms with Crippen molar-refractivity contribution in [1.29, 1.82) is 0 Å². The normalized spacial score (nSPS) is 12.4. The van der Waals surface area contributed by atoms with E-state index in [-0.39, 0.29) is 23.8 Å². The molecule has 2 amide bonds. The van der Waals surface area contributed by atoms with Crippen LogP contribution in [0.5, 0.6) is 5.75 Å². The zero-order chi connectivity index (χ0) is 23.9. The number of hydrogen-bond donors (Lipinski definition) is 1. The topological polar surface area (TPSA) is 58.6 Å². The second-order valence-corrected chi connectivity index (χ2v) is 9.86. The molecule has 0 spiro atoms. The molecule has 1 atom stereocenters. The lowest BCUT2D eigenvalue weighted by atomic mass is 9.86. The summed E-state index contributed by atoms with van der Waals surface area (Å²) >= 11 is 0. The van der Waals surface area contributed by atoms with Crippen molar-refractivity contribution in [3.63, 3.8) is 0 Å². The van der Waals surface area contributed by atoms with Crippen LogP contribution in [0.4, 0.5) is 0 Å². The lowest BCUT2D eigenvalue weighted by molar-refractivity contribution is -0.142. The molecule has 0 aliphatic carbocycles. The number of carbonyl (C=O) groups is 2. The number of amides is 2. The summed E-state index contributed by atoms with van der Waals surface area (Å²) in [5, 5.41) is 2.94. The van der Waals surface area contributed by atoms with Crippen molar-refractivity contribution in [2.24, 2.45) is 5.92 Å². The number of hydrogen-bond acceptors (Lipinski definition) is 3. The molecular formula is C27H38N2O3. The van der Waals surface area contributed by atoms with E-state index < -0.39 is 6.04 Å². The Morgan fingerprint density at radius 1 is 1.03 bits per heavy atom. The molecule has 0 aliphatic rings. The van der Waals surface area contributed by atoms with Gasteiger partial charge in [0.1, 0.15) is 11.8 Å². The third-order valence-electron chi connectivity index (χ3n) is 5.33. The van der Waals surface area contributed by atoms with Crippen LogP contribution < -0.4 is 10.1 Å². The number of ether oxygens (including phenoxy) is 1. The molecule has 1 N–H and O–H groups in total. The lowest BCUT2D eigenvalue weighted by Gasteiger charge is -2.29. The van der Waals surface area contributed by atoms with Gasteiger partial charge in [-0.3, -0.25) is 9.59 Å². The van der Waals surface area contributed by atoms with Gasteiger partial charge < -0.3 is 15.0 Å². The lowest BCUT2D eigenvalue weighted by Crippen LogP contribution is -2.49. The molecular weight excluding hydrogens is 400 g/mol. The number of rotatable bonds is 9. The summed E-state index contributed by atoms with van der Waals surface area (Å²) in [6.45, 7) is 15.0. The van der Waals surface area contributed by atoms with Crippen LogP contribution in [0.25, 0.3) is 0 Å². The van der Waals surface area contributed by atoms with Gasteiger partial charge in [0.2, 0.25) is 5.91 Å². The number of nitrogens with zero attached hydrogens (tertiary/aromatic N) is 1. The van der Waals surface area contributed by atoms with Crippen LogP contribution in [-0.2, 0) is 21.5 Å². The van der Waals surface area contributed by atoms with Crippen molar-refractivity contribution in [3.05, 3.63) is 65.2 Å². The van der Waals surface area contributed by atoms with Crippen molar-refractivity contribution in [2.75, 3.05) is 13.2 Å². The fraction of sp³-hybridized carbons (Fsp3) is 0.481. The minimum Gasteiger partial charge on any atom is -0.483 e. The van der Waals surface area contributed by atoms with E-state index in [1.54, 1.807) is 11.8 Å². The fourth-order valence-corrected chi connectivity index (χ4v) is 3.48. The first-order valence-corrected chi connectivity index (χ1v) is 11.3. The third kappa shape index (κ3) is 7.40. The number of para-hydroxylation sites is 1. The zero-order valence-corrected chi connectivity index (χ0v) is 20.6. The molecule has 32 heavy (non-hydrogen) atoms. The molecule has 0 unspecified atom stereocenters. The Balaban J connectivity index is 2.21. The molecule has 174 valence electrons. The van der Waals surface area contributed by atoms with Gasteiger partial charge in [-0.25, -0.2) is 0 Å². The molecule has 0 saturated heterocycles. The van der Waals surface area contributed by atoms with Gasteiger partial charge in [-0.15, -0.1) is 0 Å². The molecule has 0 aliphatic heterocycles. The highest BCUT2D eigenvalue weighted by atomic mass is 16.5. The van der Waals surface area contributed by atoms with Crippen LogP contribution in [0.15, 0.2) is 48.5 Å². The largest absolute Gasteiger partial charge is 0.483 e. The van der Waals surface area contributed by atoms with E-state index in [4.69, 9.17) is 4.74 Å². The monoisotopic (exact) mass is 438 g/mol. The molecule has 2 aromatic rings. The summed E-state index contributed by atoms with van der Waals surface area (Å²) in [5.41, 5.74) is 3.03. The zero-order valence-electron chi connectivity index (χ0n) is 20.6. The molecule has 0 fully saturated rings. The smallest absolute Gasteiger partial charge is 0.261 e. The van der Waals surface area contributed by atoms with Crippen LogP contribution in [0.2, 0.25) is 0 Å². The standard InChI is InChI=1S/C27H38N2O3/c1-19(2)16-28-26(31)21(4)29(17-22-12-10-11-20(3)15-22)25(30)18-32-24-14-9-8-13-23(24)27(5,6)7/h8-15,19,21H,16-18H2,1-7H3,(H,28,31)/t21-/m1/s1. The summed E-state index contributed by atoms with van der Waals surface area (Å²) in [4.78, 5) is 27.6. The van der Waals surface area contributed by atoms with E-state index in [9.17, 15) is 9.59 Å². The maximum atomic E-state index is 13.3. The first-order chi connectivity index (χ1) is 15.0. The first-order valence-electron chi connectivity index (χ1n) is 11.3. The molecule has 0 heterocycles. The van der Waals surface area contributed by atoms with E-state index in [2.05, 4.69) is 26.1 Å². The Morgan fingerprint density at radius 3 is 2.34 bits per heavy atom. The molecule has 0 aromatic heterocycles. The van der Waals surface area contributed by atoms with E-state index in [0.717, 1.165) is 16.7 Å². The second-order valence-electron chi connectivity index (χ2n) is 9.86. The Hall–Kier alpha value is -2.82. The predicted octanol–water partition coefficient (Wildman–Crippen LogP) is 4.86. The maximum Gasteiger partial charge on any atom is 0.261 e. The van der Waals surface area contributed by atoms with Gasteiger partial charge in [0.05, 0.1) is 0 Å². The van der Waals surface area contributed by atoms with Crippen LogP contribution in [0.1, 0.15) is 58.2 Å². The summed E-state index contributed by atoms with van der Waals surface area (Å²) in [5.74, 6) is 0.655. The van der Waals surface area contributed by atoms with Crippen LogP contribution in [0, 0.1) is 12.8 Å². The number of aryl methyl sites for hydroxylation is 1. The van der Waals surface area contributed by atoms with Crippen molar-refractivity contribution >= 4 is 11.8 Å². The van der Waals surface area contributed by atoms with Gasteiger partial charge in [-0.2, -0.15) is 0 Å². The quantitative estimate of drug-likeness (QED) is 0.608. The van der Waals surface area contributed by atoms with Gasteiger partial charge in [-0.05, 0) is 42.4 Å². The highest BCUT2D eigenvalue weighted by Crippen LogP contribution is 2.31. The SMILES string of the molecule is Cc1cccc(CN(C(=O)COc2ccccc2C(C)(C)C)[C@H](C)C(=O)NCC(C)C)c1. The third-order valence-corrected chi connectivity index (χ3v) is 5.33. The molecule has 2 aromatic carbocycles. The molecule has 0 bridgehead atoms. The van der Waals surface area contributed by atoms with Gasteiger partial charge in [0, 0.05) is 13.1 Å². The van der Waals surface area contributed by atoms with Gasteiger partial charge >= 0.3 is 0 Å². The second kappa shape index (κ2) is 11.2. The minimum atomic E-state index is -0.608. The van der Waals surface area contributed by atoms with Crippen LogP contribution in [-0.4, -0.2) is 35.9 Å². The van der Waals surface area contributed by atoms with Crippen LogP contribution in [0.3, 0.4) is 0 Å². The summed E-state index contributed by atoms with van der Waals surface area (Å²) in [6, 6.07) is 15.2. The van der Waals surface area contributed by atoms with Crippen molar-refractivity contribution in [3.8, 4) is 5.75 Å². The Labute approximate surface area is 193 Å². The highest BCUT2D eigenvalue weighted by molar-refractivity contribution is 5.88. The van der Waals surface area contributed by atoms with Gasteiger partial charge in [0.15, 0.2) is 6.61 Å². The highest BCUT2D eigenvalue weighted by Gasteiger charge is 2.27.